The number of nitrogens with zero attached hydrogens (tertiary/aromatic N) is 1. The van der Waals surface area contributed by atoms with E-state index in [1.807, 2.05) is 0 Å². The van der Waals surface area contributed by atoms with Crippen molar-refractivity contribution in [3.8, 4) is 0 Å². The second kappa shape index (κ2) is 7.34. The largest absolute Gasteiger partial charge is 0.295 e. The first kappa shape index (κ1) is 18.0. The summed E-state index contributed by atoms with van der Waals surface area (Å²) < 4.78 is 0. The molecule has 0 bridgehead atoms. The molecule has 26 heavy (non-hydrogen) atoms. The van der Waals surface area contributed by atoms with Crippen LogP contribution in [-0.2, 0) is 12.1 Å². The fourth-order valence-electron chi connectivity index (χ4n) is 4.95. The Balaban J connectivity index is 1.81. The van der Waals surface area contributed by atoms with E-state index in [0.29, 0.717) is 6.04 Å². The average Bonchev–Trinajstić information content (AvgIpc) is 2.69. The van der Waals surface area contributed by atoms with Crippen molar-refractivity contribution < 1.29 is 0 Å². The summed E-state index contributed by atoms with van der Waals surface area (Å²) in [6, 6.07) is 16.1. The summed E-state index contributed by atoms with van der Waals surface area (Å²) in [5, 5.41) is 4.80. The highest BCUT2D eigenvalue weighted by Crippen LogP contribution is 2.44. The van der Waals surface area contributed by atoms with Crippen LogP contribution in [0, 0.1) is 6.92 Å². The number of hydrogen-bond acceptors (Lipinski definition) is 2. The topological polar surface area (TPSA) is 15.3 Å². The van der Waals surface area contributed by atoms with Gasteiger partial charge in [-0.05, 0) is 73.9 Å². The van der Waals surface area contributed by atoms with Crippen LogP contribution in [0.3, 0.4) is 0 Å². The predicted octanol–water partition coefficient (Wildman–Crippen LogP) is 5.58. The van der Waals surface area contributed by atoms with Crippen LogP contribution < -0.4 is 5.32 Å². The van der Waals surface area contributed by atoms with Crippen molar-refractivity contribution >= 4 is 11.6 Å². The van der Waals surface area contributed by atoms with Gasteiger partial charge in [0.1, 0.15) is 0 Å². The SMILES string of the molecule is CCC1c2ccccc2CCN1C1(c2ccc(C)c(Cl)c2)CCCCN1. The van der Waals surface area contributed by atoms with E-state index >= 15 is 0 Å². The first-order chi connectivity index (χ1) is 12.7. The van der Waals surface area contributed by atoms with Gasteiger partial charge in [-0.3, -0.25) is 10.2 Å². The number of benzene rings is 2. The molecule has 2 atom stereocenters. The monoisotopic (exact) mass is 368 g/mol. The summed E-state index contributed by atoms with van der Waals surface area (Å²) in [5.74, 6) is 0. The van der Waals surface area contributed by atoms with Crippen molar-refractivity contribution in [1.82, 2.24) is 10.2 Å². The number of piperidine rings is 1. The highest BCUT2D eigenvalue weighted by atomic mass is 35.5. The molecule has 0 radical (unpaired) electrons. The first-order valence-corrected chi connectivity index (χ1v) is 10.4. The van der Waals surface area contributed by atoms with E-state index in [0.717, 1.165) is 42.9 Å². The summed E-state index contributed by atoms with van der Waals surface area (Å²) in [7, 11) is 0. The van der Waals surface area contributed by atoms with E-state index < -0.39 is 0 Å². The van der Waals surface area contributed by atoms with E-state index in [9.17, 15) is 0 Å². The van der Waals surface area contributed by atoms with Gasteiger partial charge in [0.2, 0.25) is 0 Å². The number of fused-ring (bicyclic) bond motifs is 1. The molecule has 1 N–H and O–H groups in total. The Kier molecular flexibility index (Phi) is 5.09. The molecule has 2 aromatic rings. The maximum Gasteiger partial charge on any atom is 0.0980 e. The number of aryl methyl sites for hydroxylation is 1. The molecule has 2 unspecified atom stereocenters. The zero-order valence-electron chi connectivity index (χ0n) is 15.9. The van der Waals surface area contributed by atoms with Gasteiger partial charge in [-0.25, -0.2) is 0 Å². The van der Waals surface area contributed by atoms with Crippen molar-refractivity contribution in [2.45, 2.75) is 57.7 Å². The molecule has 0 amide bonds. The summed E-state index contributed by atoms with van der Waals surface area (Å²) in [6.07, 6.45) is 5.90. The van der Waals surface area contributed by atoms with E-state index in [1.165, 1.54) is 29.5 Å². The molecule has 0 saturated carbocycles. The maximum absolute atomic E-state index is 6.54. The van der Waals surface area contributed by atoms with Gasteiger partial charge in [0.05, 0.1) is 5.66 Å². The zero-order chi connectivity index (χ0) is 18.1. The minimum atomic E-state index is -0.107. The third-order valence-electron chi connectivity index (χ3n) is 6.32. The molecule has 2 heterocycles. The Hall–Kier alpha value is -1.35. The third kappa shape index (κ3) is 2.98. The Labute approximate surface area is 162 Å². The van der Waals surface area contributed by atoms with Gasteiger partial charge in [0.25, 0.3) is 0 Å². The van der Waals surface area contributed by atoms with Gasteiger partial charge >= 0.3 is 0 Å². The quantitative estimate of drug-likeness (QED) is 0.760. The molecule has 0 spiro atoms. The molecule has 2 aliphatic rings. The Morgan fingerprint density at radius 1 is 1.19 bits per heavy atom. The number of rotatable bonds is 3. The smallest absolute Gasteiger partial charge is 0.0980 e. The van der Waals surface area contributed by atoms with Crippen molar-refractivity contribution in [3.63, 3.8) is 0 Å². The third-order valence-corrected chi connectivity index (χ3v) is 6.73. The Bertz CT molecular complexity index is 780. The first-order valence-electron chi connectivity index (χ1n) is 10.0. The van der Waals surface area contributed by atoms with E-state index in [-0.39, 0.29) is 5.66 Å². The Morgan fingerprint density at radius 3 is 2.77 bits per heavy atom. The maximum atomic E-state index is 6.54. The molecule has 2 aromatic carbocycles. The number of hydrogen-bond donors (Lipinski definition) is 1. The van der Waals surface area contributed by atoms with E-state index in [2.05, 4.69) is 66.5 Å². The Morgan fingerprint density at radius 2 is 2.04 bits per heavy atom. The minimum Gasteiger partial charge on any atom is -0.295 e. The van der Waals surface area contributed by atoms with Gasteiger partial charge < -0.3 is 0 Å². The fraction of sp³-hybridized carbons (Fsp3) is 0.478. The van der Waals surface area contributed by atoms with Crippen LogP contribution in [0.15, 0.2) is 42.5 Å². The number of halogens is 1. The molecule has 2 nitrogen and oxygen atoms in total. The van der Waals surface area contributed by atoms with Crippen LogP contribution in [0.1, 0.15) is 60.9 Å². The lowest BCUT2D eigenvalue weighted by Crippen LogP contribution is -2.60. The van der Waals surface area contributed by atoms with Gasteiger partial charge in [-0.15, -0.1) is 0 Å². The van der Waals surface area contributed by atoms with Crippen LogP contribution in [0.4, 0.5) is 0 Å². The van der Waals surface area contributed by atoms with E-state index in [4.69, 9.17) is 11.6 Å². The molecular weight excluding hydrogens is 340 g/mol. The molecule has 3 heteroatoms. The van der Waals surface area contributed by atoms with Crippen molar-refractivity contribution in [2.75, 3.05) is 13.1 Å². The van der Waals surface area contributed by atoms with Crippen LogP contribution in [-0.4, -0.2) is 18.0 Å². The van der Waals surface area contributed by atoms with Crippen molar-refractivity contribution in [3.05, 3.63) is 69.7 Å². The van der Waals surface area contributed by atoms with E-state index in [1.54, 1.807) is 0 Å². The van der Waals surface area contributed by atoms with Gasteiger partial charge in [-0.2, -0.15) is 0 Å². The average molecular weight is 369 g/mol. The van der Waals surface area contributed by atoms with Gasteiger partial charge in [0, 0.05) is 17.6 Å². The molecule has 1 fully saturated rings. The predicted molar refractivity (Wildman–Crippen MR) is 110 cm³/mol. The normalized spacial score (nSPS) is 26.5. The van der Waals surface area contributed by atoms with Gasteiger partial charge in [0.15, 0.2) is 0 Å². The molecule has 0 aliphatic carbocycles. The molecule has 4 rings (SSSR count). The van der Waals surface area contributed by atoms with Crippen LogP contribution in [0.25, 0.3) is 0 Å². The summed E-state index contributed by atoms with van der Waals surface area (Å²) >= 11 is 6.54. The zero-order valence-corrected chi connectivity index (χ0v) is 16.6. The molecule has 2 aliphatic heterocycles. The summed E-state index contributed by atoms with van der Waals surface area (Å²) in [6.45, 7) is 6.56. The highest BCUT2D eigenvalue weighted by molar-refractivity contribution is 6.31. The molecule has 138 valence electrons. The van der Waals surface area contributed by atoms with Crippen LogP contribution in [0.2, 0.25) is 5.02 Å². The molecular formula is C23H29ClN2. The summed E-state index contributed by atoms with van der Waals surface area (Å²) in [4.78, 5) is 2.73. The lowest BCUT2D eigenvalue weighted by atomic mass is 9.82. The standard InChI is InChI=1S/C23H29ClN2/c1-3-22-20-9-5-4-8-18(20)12-15-26(22)23(13-6-7-14-25-23)19-11-10-17(2)21(24)16-19/h4-5,8-11,16,22,25H,3,6-7,12-15H2,1-2H3. The van der Waals surface area contributed by atoms with Crippen LogP contribution in [0.5, 0.6) is 0 Å². The highest BCUT2D eigenvalue weighted by Gasteiger charge is 2.44. The minimum absolute atomic E-state index is 0.107. The van der Waals surface area contributed by atoms with Crippen LogP contribution >= 0.6 is 11.6 Å². The molecule has 1 saturated heterocycles. The second-order valence-corrected chi connectivity index (χ2v) is 8.18. The second-order valence-electron chi connectivity index (χ2n) is 7.77. The summed E-state index contributed by atoms with van der Waals surface area (Å²) in [5.41, 5.74) is 5.39. The lowest BCUT2D eigenvalue weighted by molar-refractivity contribution is -0.0186. The van der Waals surface area contributed by atoms with Crippen molar-refractivity contribution in [1.29, 1.82) is 0 Å². The fourth-order valence-corrected chi connectivity index (χ4v) is 5.13. The lowest BCUT2D eigenvalue weighted by Gasteiger charge is -2.53. The van der Waals surface area contributed by atoms with Crippen molar-refractivity contribution in [2.24, 2.45) is 0 Å². The van der Waals surface area contributed by atoms with Gasteiger partial charge in [-0.1, -0.05) is 54.9 Å². The number of nitrogens with one attached hydrogen (secondary N) is 1. The molecule has 0 aromatic heterocycles.